The first kappa shape index (κ1) is 10.7. The standard InChI is InChI=1S/C7H7NO.C4H8O/c9-8-6-7-4-2-1-3-5-7;1-4(2)3-5-4/h1-6,9H;3H2,1-2H3. The fourth-order valence-corrected chi connectivity index (χ4v) is 0.750. The molecular formula is C11H15NO2. The predicted molar refractivity (Wildman–Crippen MR) is 55.9 cm³/mol. The SMILES string of the molecule is CC1(C)CO1.ON=Cc1ccccc1. The molecule has 1 aromatic carbocycles. The van der Waals surface area contributed by atoms with Gasteiger partial charge in [-0.3, -0.25) is 0 Å². The highest BCUT2D eigenvalue weighted by Gasteiger charge is 2.32. The first-order valence-electron chi connectivity index (χ1n) is 4.50. The van der Waals surface area contributed by atoms with Gasteiger partial charge in [-0.2, -0.15) is 0 Å². The number of epoxide rings is 1. The van der Waals surface area contributed by atoms with E-state index in [-0.39, 0.29) is 5.60 Å². The third kappa shape index (κ3) is 4.62. The predicted octanol–water partition coefficient (Wildman–Crippen LogP) is 2.29. The van der Waals surface area contributed by atoms with E-state index in [0.29, 0.717) is 0 Å². The van der Waals surface area contributed by atoms with Gasteiger partial charge >= 0.3 is 0 Å². The molecule has 0 spiro atoms. The van der Waals surface area contributed by atoms with Crippen molar-refractivity contribution < 1.29 is 9.94 Å². The van der Waals surface area contributed by atoms with E-state index in [1.54, 1.807) is 0 Å². The molecule has 0 saturated carbocycles. The van der Waals surface area contributed by atoms with Gasteiger partial charge in [0.05, 0.1) is 18.4 Å². The summed E-state index contributed by atoms with van der Waals surface area (Å²) in [7, 11) is 0. The lowest BCUT2D eigenvalue weighted by atomic mass is 10.2. The average Bonchev–Trinajstić information content (AvgIpc) is 2.85. The lowest BCUT2D eigenvalue weighted by Gasteiger charge is -1.85. The molecule has 1 aliphatic rings. The summed E-state index contributed by atoms with van der Waals surface area (Å²) >= 11 is 0. The van der Waals surface area contributed by atoms with Crippen LogP contribution in [0.3, 0.4) is 0 Å². The number of oxime groups is 1. The van der Waals surface area contributed by atoms with Crippen molar-refractivity contribution in [3.8, 4) is 0 Å². The van der Waals surface area contributed by atoms with Gasteiger partial charge in [-0.25, -0.2) is 0 Å². The number of hydrogen-bond acceptors (Lipinski definition) is 3. The lowest BCUT2D eigenvalue weighted by Crippen LogP contribution is -1.90. The molecule has 1 aromatic rings. The molecule has 0 bridgehead atoms. The molecule has 0 aromatic heterocycles. The second kappa shape index (κ2) is 4.77. The smallest absolute Gasteiger partial charge is 0.0860 e. The van der Waals surface area contributed by atoms with Crippen molar-refractivity contribution in [1.29, 1.82) is 0 Å². The summed E-state index contributed by atoms with van der Waals surface area (Å²) in [5, 5.41) is 11.0. The molecule has 14 heavy (non-hydrogen) atoms. The fourth-order valence-electron chi connectivity index (χ4n) is 0.750. The van der Waals surface area contributed by atoms with E-state index in [1.165, 1.54) is 6.21 Å². The van der Waals surface area contributed by atoms with Gasteiger partial charge in [0.25, 0.3) is 0 Å². The third-order valence-electron chi connectivity index (χ3n) is 1.73. The number of nitrogens with zero attached hydrogens (tertiary/aromatic N) is 1. The first-order valence-corrected chi connectivity index (χ1v) is 4.50. The molecule has 0 aliphatic carbocycles. The maximum atomic E-state index is 8.09. The minimum absolute atomic E-state index is 0.250. The summed E-state index contributed by atoms with van der Waals surface area (Å²) in [6, 6.07) is 9.40. The number of benzene rings is 1. The number of ether oxygens (including phenoxy) is 1. The van der Waals surface area contributed by atoms with Gasteiger partial charge < -0.3 is 9.94 Å². The molecule has 0 unspecified atom stereocenters. The Hall–Kier alpha value is -1.35. The lowest BCUT2D eigenvalue weighted by molar-refractivity contribution is 0.322. The molecule has 0 atom stereocenters. The molecule has 3 heteroatoms. The van der Waals surface area contributed by atoms with Gasteiger partial charge in [-0.15, -0.1) is 0 Å². The zero-order valence-corrected chi connectivity index (χ0v) is 8.47. The Morgan fingerprint density at radius 2 is 1.86 bits per heavy atom. The van der Waals surface area contributed by atoms with Crippen molar-refractivity contribution >= 4 is 6.21 Å². The third-order valence-corrected chi connectivity index (χ3v) is 1.73. The van der Waals surface area contributed by atoms with Crippen LogP contribution in [0.1, 0.15) is 19.4 Å². The van der Waals surface area contributed by atoms with Crippen molar-refractivity contribution in [3.05, 3.63) is 35.9 Å². The highest BCUT2D eigenvalue weighted by Crippen LogP contribution is 2.23. The van der Waals surface area contributed by atoms with Crippen LogP contribution in [0.4, 0.5) is 0 Å². The molecular weight excluding hydrogens is 178 g/mol. The Balaban J connectivity index is 0.000000165. The van der Waals surface area contributed by atoms with Crippen LogP contribution in [0.25, 0.3) is 0 Å². The van der Waals surface area contributed by atoms with Crippen LogP contribution in [0, 0.1) is 0 Å². The Morgan fingerprint density at radius 1 is 1.36 bits per heavy atom. The minimum atomic E-state index is 0.250. The van der Waals surface area contributed by atoms with E-state index < -0.39 is 0 Å². The maximum Gasteiger partial charge on any atom is 0.0860 e. The van der Waals surface area contributed by atoms with E-state index in [4.69, 9.17) is 9.94 Å². The first-order chi connectivity index (χ1) is 6.64. The van der Waals surface area contributed by atoms with Crippen LogP contribution in [0.15, 0.2) is 35.5 Å². The van der Waals surface area contributed by atoms with Crippen molar-refractivity contribution in [3.63, 3.8) is 0 Å². The van der Waals surface area contributed by atoms with Gasteiger partial charge in [0.15, 0.2) is 0 Å². The van der Waals surface area contributed by atoms with Gasteiger partial charge in [0, 0.05) is 0 Å². The highest BCUT2D eigenvalue weighted by molar-refractivity contribution is 5.78. The van der Waals surface area contributed by atoms with Crippen LogP contribution in [0.5, 0.6) is 0 Å². The van der Waals surface area contributed by atoms with E-state index in [2.05, 4.69) is 19.0 Å². The van der Waals surface area contributed by atoms with Crippen molar-refractivity contribution in [2.45, 2.75) is 19.4 Å². The second-order valence-electron chi connectivity index (χ2n) is 3.70. The summed E-state index contributed by atoms with van der Waals surface area (Å²) in [5.41, 5.74) is 1.15. The summed E-state index contributed by atoms with van der Waals surface area (Å²) in [6.45, 7) is 5.10. The van der Waals surface area contributed by atoms with Crippen LogP contribution >= 0.6 is 0 Å². The monoisotopic (exact) mass is 193 g/mol. The Kier molecular flexibility index (Phi) is 3.65. The summed E-state index contributed by atoms with van der Waals surface area (Å²) in [4.78, 5) is 0. The zero-order chi connectivity index (χ0) is 10.4. The van der Waals surface area contributed by atoms with E-state index in [9.17, 15) is 0 Å². The summed E-state index contributed by atoms with van der Waals surface area (Å²) in [6.07, 6.45) is 1.39. The second-order valence-corrected chi connectivity index (χ2v) is 3.70. The molecule has 3 nitrogen and oxygen atoms in total. The van der Waals surface area contributed by atoms with Gasteiger partial charge in [0.2, 0.25) is 0 Å². The van der Waals surface area contributed by atoms with Gasteiger partial charge in [-0.05, 0) is 19.4 Å². The molecule has 2 rings (SSSR count). The average molecular weight is 193 g/mol. The van der Waals surface area contributed by atoms with Gasteiger partial charge in [-0.1, -0.05) is 35.5 Å². The van der Waals surface area contributed by atoms with Crippen LogP contribution < -0.4 is 0 Å². The highest BCUT2D eigenvalue weighted by atomic mass is 16.6. The molecule has 0 amide bonds. The summed E-state index contributed by atoms with van der Waals surface area (Å²) < 4.78 is 4.90. The molecule has 1 N–H and O–H groups in total. The van der Waals surface area contributed by atoms with Crippen molar-refractivity contribution in [2.75, 3.05) is 6.61 Å². The normalized spacial score (nSPS) is 17.3. The number of hydrogen-bond donors (Lipinski definition) is 1. The molecule has 1 fully saturated rings. The van der Waals surface area contributed by atoms with Crippen molar-refractivity contribution in [1.82, 2.24) is 0 Å². The maximum absolute atomic E-state index is 8.09. The molecule has 76 valence electrons. The Morgan fingerprint density at radius 3 is 2.21 bits per heavy atom. The molecule has 1 saturated heterocycles. The Labute approximate surface area is 84.0 Å². The van der Waals surface area contributed by atoms with Crippen molar-refractivity contribution in [2.24, 2.45) is 5.16 Å². The quantitative estimate of drug-likeness (QED) is 0.322. The molecule has 1 heterocycles. The molecule has 1 aliphatic heterocycles. The largest absolute Gasteiger partial charge is 0.411 e. The van der Waals surface area contributed by atoms with E-state index >= 15 is 0 Å². The van der Waals surface area contributed by atoms with Crippen LogP contribution in [0.2, 0.25) is 0 Å². The number of rotatable bonds is 1. The summed E-state index contributed by atoms with van der Waals surface area (Å²) in [5.74, 6) is 0. The fraction of sp³-hybridized carbons (Fsp3) is 0.364. The van der Waals surface area contributed by atoms with Crippen LogP contribution in [-0.4, -0.2) is 23.6 Å². The zero-order valence-electron chi connectivity index (χ0n) is 8.47. The van der Waals surface area contributed by atoms with E-state index in [1.807, 2.05) is 30.3 Å². The van der Waals surface area contributed by atoms with Gasteiger partial charge in [0.1, 0.15) is 0 Å². The topological polar surface area (TPSA) is 45.1 Å². The Bertz CT molecular complexity index is 287. The minimum Gasteiger partial charge on any atom is -0.411 e. The van der Waals surface area contributed by atoms with E-state index in [0.717, 1.165) is 12.2 Å². The molecule has 0 radical (unpaired) electrons. The van der Waals surface area contributed by atoms with Crippen LogP contribution in [-0.2, 0) is 4.74 Å².